The lowest BCUT2D eigenvalue weighted by Crippen LogP contribution is -2.48. The largest absolute Gasteiger partial charge is 0.381 e. The lowest BCUT2D eigenvalue weighted by molar-refractivity contribution is 0.0513. The fourth-order valence-corrected chi connectivity index (χ4v) is 4.17. The summed E-state index contributed by atoms with van der Waals surface area (Å²) in [5.41, 5.74) is 3.34. The molecule has 2 aromatic carbocycles. The van der Waals surface area contributed by atoms with Crippen LogP contribution in [0.5, 0.6) is 0 Å². The van der Waals surface area contributed by atoms with Gasteiger partial charge in [0.25, 0.3) is 0 Å². The highest BCUT2D eigenvalue weighted by molar-refractivity contribution is 14.0. The Morgan fingerprint density at radius 2 is 1.82 bits per heavy atom. The minimum atomic E-state index is -0.209. The second-order valence-corrected chi connectivity index (χ2v) is 8.12. The van der Waals surface area contributed by atoms with Crippen molar-refractivity contribution in [3.8, 4) is 5.69 Å². The summed E-state index contributed by atoms with van der Waals surface area (Å²) in [5.74, 6) is 0.560. The Bertz CT molecular complexity index is 1000. The van der Waals surface area contributed by atoms with Crippen LogP contribution in [0, 0.1) is 5.82 Å². The summed E-state index contributed by atoms with van der Waals surface area (Å²) in [5, 5.41) is 11.1. The molecule has 1 aliphatic rings. The minimum Gasteiger partial charge on any atom is -0.381 e. The number of hydrogen-bond acceptors (Lipinski definition) is 3. The zero-order chi connectivity index (χ0) is 22.2. The topological polar surface area (TPSA) is 63.5 Å². The number of rotatable bonds is 7. The average Bonchev–Trinajstić information content (AvgIpc) is 3.38. The number of nitrogens with one attached hydrogen (secondary N) is 2. The molecule has 4 rings (SSSR count). The van der Waals surface area contributed by atoms with Crippen molar-refractivity contribution in [2.24, 2.45) is 4.99 Å². The molecule has 0 bridgehead atoms. The van der Waals surface area contributed by atoms with Gasteiger partial charge in [0.05, 0.1) is 5.69 Å². The maximum atomic E-state index is 13.4. The van der Waals surface area contributed by atoms with Gasteiger partial charge in [-0.2, -0.15) is 5.10 Å². The monoisotopic (exact) mass is 563 g/mol. The molecule has 0 amide bonds. The first kappa shape index (κ1) is 25.2. The molecule has 0 saturated carbocycles. The van der Waals surface area contributed by atoms with E-state index in [0.29, 0.717) is 13.2 Å². The van der Waals surface area contributed by atoms with Crippen LogP contribution in [-0.4, -0.2) is 49.1 Å². The van der Waals surface area contributed by atoms with Crippen LogP contribution in [0.2, 0.25) is 0 Å². The number of guanidine groups is 1. The highest BCUT2D eigenvalue weighted by Crippen LogP contribution is 2.34. The maximum Gasteiger partial charge on any atom is 0.191 e. The molecular formula is C25H31FIN5O. The minimum absolute atomic E-state index is 0. The third kappa shape index (κ3) is 6.54. The predicted molar refractivity (Wildman–Crippen MR) is 140 cm³/mol. The van der Waals surface area contributed by atoms with E-state index < -0.39 is 0 Å². The Morgan fingerprint density at radius 3 is 2.45 bits per heavy atom. The van der Waals surface area contributed by atoms with Gasteiger partial charge in [0.2, 0.25) is 0 Å². The molecule has 0 aliphatic carbocycles. The van der Waals surface area contributed by atoms with Crippen LogP contribution in [0.1, 0.15) is 24.0 Å². The average molecular weight is 563 g/mol. The molecule has 1 fully saturated rings. The highest BCUT2D eigenvalue weighted by atomic mass is 127. The molecule has 0 unspecified atom stereocenters. The smallest absolute Gasteiger partial charge is 0.191 e. The Kier molecular flexibility index (Phi) is 9.25. The number of hydrogen-bond donors (Lipinski definition) is 2. The first-order valence-corrected chi connectivity index (χ1v) is 11.1. The van der Waals surface area contributed by atoms with Crippen LogP contribution in [0.15, 0.2) is 72.0 Å². The summed E-state index contributed by atoms with van der Waals surface area (Å²) < 4.78 is 20.9. The zero-order valence-electron chi connectivity index (χ0n) is 18.8. The van der Waals surface area contributed by atoms with E-state index in [0.717, 1.165) is 49.6 Å². The number of ether oxygens (including phenoxy) is 1. The van der Waals surface area contributed by atoms with E-state index in [4.69, 9.17) is 4.74 Å². The van der Waals surface area contributed by atoms with Crippen LogP contribution in [0.3, 0.4) is 0 Å². The van der Waals surface area contributed by atoms with Gasteiger partial charge in [-0.3, -0.25) is 4.99 Å². The van der Waals surface area contributed by atoms with Gasteiger partial charge in [0, 0.05) is 51.2 Å². The third-order valence-electron chi connectivity index (χ3n) is 6.14. The van der Waals surface area contributed by atoms with Crippen molar-refractivity contribution in [3.05, 3.63) is 83.9 Å². The summed E-state index contributed by atoms with van der Waals surface area (Å²) in [6.07, 6.45) is 6.38. The van der Waals surface area contributed by atoms with Crippen LogP contribution in [-0.2, 0) is 16.6 Å². The van der Waals surface area contributed by atoms with Crippen molar-refractivity contribution in [3.63, 3.8) is 0 Å². The standard InChI is InChI=1S/C25H30FN5O.HI/c1-27-24(28-15-11-20-3-9-23(10-4-20)31-16-2-14-30-31)29-19-25(12-17-32-18-13-25)21-5-7-22(26)8-6-21;/h2-10,14,16H,11-13,15,17-19H2,1H3,(H2,27,28,29);1H. The molecule has 2 N–H and O–H groups in total. The Hall–Kier alpha value is -2.46. The Balaban J connectivity index is 0.00000306. The summed E-state index contributed by atoms with van der Waals surface area (Å²) in [6, 6.07) is 17.2. The quantitative estimate of drug-likeness (QED) is 0.259. The number of nitrogens with zero attached hydrogens (tertiary/aromatic N) is 3. The van der Waals surface area contributed by atoms with E-state index in [2.05, 4.69) is 45.0 Å². The third-order valence-corrected chi connectivity index (χ3v) is 6.14. The Labute approximate surface area is 211 Å². The molecule has 0 atom stereocenters. The number of halogens is 2. The molecule has 1 aliphatic heterocycles. The molecule has 0 radical (unpaired) electrons. The van der Waals surface area contributed by atoms with Gasteiger partial charge < -0.3 is 15.4 Å². The molecule has 1 saturated heterocycles. The van der Waals surface area contributed by atoms with Gasteiger partial charge in [-0.15, -0.1) is 24.0 Å². The van der Waals surface area contributed by atoms with E-state index in [-0.39, 0.29) is 35.2 Å². The van der Waals surface area contributed by atoms with Gasteiger partial charge in [-0.25, -0.2) is 9.07 Å². The molecule has 3 aromatic rings. The summed E-state index contributed by atoms with van der Waals surface area (Å²) >= 11 is 0. The highest BCUT2D eigenvalue weighted by Gasteiger charge is 2.34. The fourth-order valence-electron chi connectivity index (χ4n) is 4.17. The van der Waals surface area contributed by atoms with Gasteiger partial charge in [-0.1, -0.05) is 24.3 Å². The maximum absolute atomic E-state index is 13.4. The fraction of sp³-hybridized carbons (Fsp3) is 0.360. The molecular weight excluding hydrogens is 532 g/mol. The lowest BCUT2D eigenvalue weighted by atomic mass is 9.74. The summed E-state index contributed by atoms with van der Waals surface area (Å²) in [7, 11) is 1.78. The number of benzene rings is 2. The second kappa shape index (κ2) is 12.1. The van der Waals surface area contributed by atoms with Crippen LogP contribution in [0.4, 0.5) is 4.39 Å². The SMILES string of the molecule is CN=C(NCCc1ccc(-n2cccn2)cc1)NCC1(c2ccc(F)cc2)CCOCC1.I. The summed E-state index contributed by atoms with van der Waals surface area (Å²) in [4.78, 5) is 4.38. The van der Waals surface area contributed by atoms with Gasteiger partial charge >= 0.3 is 0 Å². The van der Waals surface area contributed by atoms with Crippen LogP contribution in [0.25, 0.3) is 5.69 Å². The van der Waals surface area contributed by atoms with Gasteiger partial charge in [-0.05, 0) is 60.7 Å². The zero-order valence-corrected chi connectivity index (χ0v) is 21.2. The summed E-state index contributed by atoms with van der Waals surface area (Å²) in [6.45, 7) is 2.91. The van der Waals surface area contributed by atoms with Crippen molar-refractivity contribution >= 4 is 29.9 Å². The van der Waals surface area contributed by atoms with Crippen molar-refractivity contribution in [1.29, 1.82) is 0 Å². The van der Waals surface area contributed by atoms with Crippen LogP contribution >= 0.6 is 24.0 Å². The molecule has 1 aromatic heterocycles. The van der Waals surface area contributed by atoms with E-state index >= 15 is 0 Å². The van der Waals surface area contributed by atoms with E-state index in [1.54, 1.807) is 13.2 Å². The van der Waals surface area contributed by atoms with E-state index in [1.165, 1.54) is 17.7 Å². The Morgan fingerprint density at radius 1 is 1.09 bits per heavy atom. The number of aromatic nitrogens is 2. The molecule has 0 spiro atoms. The first-order valence-electron chi connectivity index (χ1n) is 11.1. The number of aliphatic imine (C=N–C) groups is 1. The van der Waals surface area contributed by atoms with E-state index in [1.807, 2.05) is 29.1 Å². The molecule has 176 valence electrons. The van der Waals surface area contributed by atoms with Crippen molar-refractivity contribution < 1.29 is 9.13 Å². The van der Waals surface area contributed by atoms with Gasteiger partial charge in [0.1, 0.15) is 5.82 Å². The van der Waals surface area contributed by atoms with Crippen molar-refractivity contribution in [2.45, 2.75) is 24.7 Å². The first-order chi connectivity index (χ1) is 15.7. The molecule has 2 heterocycles. The van der Waals surface area contributed by atoms with E-state index in [9.17, 15) is 4.39 Å². The molecule has 8 heteroatoms. The van der Waals surface area contributed by atoms with Crippen molar-refractivity contribution in [2.75, 3.05) is 33.4 Å². The normalized spacial score (nSPS) is 15.5. The second-order valence-electron chi connectivity index (χ2n) is 8.12. The van der Waals surface area contributed by atoms with Crippen LogP contribution < -0.4 is 10.6 Å². The lowest BCUT2D eigenvalue weighted by Gasteiger charge is -2.38. The predicted octanol–water partition coefficient (Wildman–Crippen LogP) is 4.09. The molecule has 33 heavy (non-hydrogen) atoms. The van der Waals surface area contributed by atoms with Gasteiger partial charge in [0.15, 0.2) is 5.96 Å². The molecule has 6 nitrogen and oxygen atoms in total. The van der Waals surface area contributed by atoms with Crippen molar-refractivity contribution in [1.82, 2.24) is 20.4 Å².